The van der Waals surface area contributed by atoms with Crippen LogP contribution in [0.15, 0.2) is 12.8 Å². The summed E-state index contributed by atoms with van der Waals surface area (Å²) < 4.78 is 9.49. The monoisotopic (exact) mass is 299 g/mol. The van der Waals surface area contributed by atoms with Crippen molar-refractivity contribution in [2.24, 2.45) is 5.92 Å². The summed E-state index contributed by atoms with van der Waals surface area (Å²) in [6.07, 6.45) is 1.23. The summed E-state index contributed by atoms with van der Waals surface area (Å²) in [4.78, 5) is 27.2. The molecule has 1 N–H and O–H groups in total. The lowest BCUT2D eigenvalue weighted by molar-refractivity contribution is -0.145. The van der Waals surface area contributed by atoms with Crippen LogP contribution < -0.4 is 5.32 Å². The number of nitrogens with one attached hydrogen (secondary N) is 1. The topological polar surface area (TPSA) is 71.1 Å². The van der Waals surface area contributed by atoms with Gasteiger partial charge in [-0.3, -0.25) is 9.69 Å². The van der Waals surface area contributed by atoms with Crippen molar-refractivity contribution >= 4 is 12.1 Å². The molecule has 0 saturated carbocycles. The number of carbonyl (C=O) groups excluding carboxylic acids is 2. The lowest BCUT2D eigenvalue weighted by atomic mass is 10.0. The first-order chi connectivity index (χ1) is 9.92. The van der Waals surface area contributed by atoms with Gasteiger partial charge in [-0.15, -0.1) is 0 Å². The second kappa shape index (κ2) is 7.87. The third-order valence-electron chi connectivity index (χ3n) is 3.67. The van der Waals surface area contributed by atoms with E-state index in [-0.39, 0.29) is 24.0 Å². The van der Waals surface area contributed by atoms with Crippen molar-refractivity contribution in [2.45, 2.75) is 25.9 Å². The van der Waals surface area contributed by atoms with Gasteiger partial charge in [-0.1, -0.05) is 20.4 Å². The molecule has 7 nitrogen and oxygen atoms in total. The Hall–Kier alpha value is -1.76. The van der Waals surface area contributed by atoms with Crippen molar-refractivity contribution in [2.75, 3.05) is 34.0 Å². The second-order valence-corrected chi connectivity index (χ2v) is 5.39. The fraction of sp³-hybridized carbons (Fsp3) is 0.714. The van der Waals surface area contributed by atoms with Crippen molar-refractivity contribution in [3.8, 4) is 0 Å². The number of esters is 1. The summed E-state index contributed by atoms with van der Waals surface area (Å²) in [6, 6.07) is -0.469. The Bertz CT molecular complexity index is 386. The molecule has 0 radical (unpaired) electrons. The smallest absolute Gasteiger partial charge is 0.407 e. The standard InChI is InChI=1S/C14H25N3O4/c1-6-16-8-12(13(18)20-4)17(9-16)7-11(10(2)3)15-14(19)21-5/h6,10-12H,1,7-9H2,2-5H3,(H,15,19). The summed E-state index contributed by atoms with van der Waals surface area (Å²) >= 11 is 0. The molecule has 2 unspecified atom stereocenters. The normalized spacial score (nSPS) is 20.2. The average Bonchev–Trinajstić information content (AvgIpc) is 2.88. The highest BCUT2D eigenvalue weighted by molar-refractivity contribution is 5.76. The highest BCUT2D eigenvalue weighted by Gasteiger charge is 2.36. The van der Waals surface area contributed by atoms with Crippen molar-refractivity contribution < 1.29 is 19.1 Å². The SMILES string of the molecule is C=CN1CC(C(=O)OC)N(CC(NC(=O)OC)C(C)C)C1. The van der Waals surface area contributed by atoms with Gasteiger partial charge in [-0.2, -0.15) is 0 Å². The van der Waals surface area contributed by atoms with Gasteiger partial charge in [0.15, 0.2) is 0 Å². The van der Waals surface area contributed by atoms with E-state index in [0.717, 1.165) is 0 Å². The Kier molecular flexibility index (Phi) is 6.48. The van der Waals surface area contributed by atoms with Crippen LogP contribution in [-0.2, 0) is 14.3 Å². The fourth-order valence-electron chi connectivity index (χ4n) is 2.29. The van der Waals surface area contributed by atoms with Gasteiger partial charge in [-0.05, 0) is 12.1 Å². The summed E-state index contributed by atoms with van der Waals surface area (Å²) in [7, 11) is 2.71. The Balaban J connectivity index is 2.76. The molecular formula is C14H25N3O4. The highest BCUT2D eigenvalue weighted by Crippen LogP contribution is 2.17. The van der Waals surface area contributed by atoms with Crippen LogP contribution in [-0.4, -0.2) is 67.9 Å². The summed E-state index contributed by atoms with van der Waals surface area (Å²) in [5.41, 5.74) is 0. The van der Waals surface area contributed by atoms with E-state index >= 15 is 0 Å². The van der Waals surface area contributed by atoms with Gasteiger partial charge in [0.1, 0.15) is 6.04 Å². The van der Waals surface area contributed by atoms with Gasteiger partial charge >= 0.3 is 12.1 Å². The first-order valence-electron chi connectivity index (χ1n) is 6.95. The largest absolute Gasteiger partial charge is 0.468 e. The Morgan fingerprint density at radius 1 is 1.38 bits per heavy atom. The molecule has 0 aromatic rings. The summed E-state index contributed by atoms with van der Waals surface area (Å²) in [6.45, 7) is 9.41. The van der Waals surface area contributed by atoms with Crippen molar-refractivity contribution in [1.29, 1.82) is 0 Å². The number of carbonyl (C=O) groups is 2. The van der Waals surface area contributed by atoms with E-state index in [1.165, 1.54) is 14.2 Å². The predicted octanol–water partition coefficient (Wildman–Crippen LogP) is 0.627. The fourth-order valence-corrected chi connectivity index (χ4v) is 2.29. The maximum absolute atomic E-state index is 11.9. The van der Waals surface area contributed by atoms with Crippen LogP contribution in [0.5, 0.6) is 0 Å². The Morgan fingerprint density at radius 2 is 2.05 bits per heavy atom. The van der Waals surface area contributed by atoms with E-state index in [2.05, 4.69) is 16.6 Å². The third-order valence-corrected chi connectivity index (χ3v) is 3.67. The van der Waals surface area contributed by atoms with E-state index in [4.69, 9.17) is 4.74 Å². The number of alkyl carbamates (subject to hydrolysis) is 1. The number of ether oxygens (including phenoxy) is 2. The van der Waals surface area contributed by atoms with Gasteiger partial charge in [0.05, 0.1) is 20.9 Å². The van der Waals surface area contributed by atoms with Crippen LogP contribution in [0.4, 0.5) is 4.79 Å². The molecule has 1 aliphatic heterocycles. The van der Waals surface area contributed by atoms with E-state index in [0.29, 0.717) is 19.8 Å². The van der Waals surface area contributed by atoms with Crippen LogP contribution in [0, 0.1) is 5.92 Å². The molecule has 1 amide bonds. The quantitative estimate of drug-likeness (QED) is 0.725. The van der Waals surface area contributed by atoms with Crippen LogP contribution in [0.1, 0.15) is 13.8 Å². The molecule has 1 saturated heterocycles. The van der Waals surface area contributed by atoms with Gasteiger partial charge < -0.3 is 19.7 Å². The molecule has 1 heterocycles. The minimum atomic E-state index is -0.469. The molecule has 120 valence electrons. The Labute approximate surface area is 125 Å². The van der Waals surface area contributed by atoms with E-state index < -0.39 is 6.09 Å². The van der Waals surface area contributed by atoms with E-state index in [9.17, 15) is 9.59 Å². The number of nitrogens with zero attached hydrogens (tertiary/aromatic N) is 2. The highest BCUT2D eigenvalue weighted by atomic mass is 16.5. The molecule has 1 fully saturated rings. The molecule has 1 rings (SSSR count). The molecule has 0 aromatic carbocycles. The molecule has 0 spiro atoms. The predicted molar refractivity (Wildman–Crippen MR) is 78.4 cm³/mol. The van der Waals surface area contributed by atoms with Crippen molar-refractivity contribution in [3.63, 3.8) is 0 Å². The lowest BCUT2D eigenvalue weighted by Crippen LogP contribution is -2.50. The zero-order valence-corrected chi connectivity index (χ0v) is 13.2. The minimum absolute atomic E-state index is 0.116. The molecular weight excluding hydrogens is 274 g/mol. The van der Waals surface area contributed by atoms with Gasteiger partial charge in [0.2, 0.25) is 0 Å². The number of amides is 1. The van der Waals surface area contributed by atoms with E-state index in [1.54, 1.807) is 6.20 Å². The zero-order chi connectivity index (χ0) is 16.0. The average molecular weight is 299 g/mol. The van der Waals surface area contributed by atoms with Crippen molar-refractivity contribution in [3.05, 3.63) is 12.8 Å². The Morgan fingerprint density at radius 3 is 2.52 bits per heavy atom. The molecule has 2 atom stereocenters. The van der Waals surface area contributed by atoms with Crippen LogP contribution >= 0.6 is 0 Å². The minimum Gasteiger partial charge on any atom is -0.468 e. The van der Waals surface area contributed by atoms with Crippen molar-refractivity contribution in [1.82, 2.24) is 15.1 Å². The van der Waals surface area contributed by atoms with Gasteiger partial charge in [0, 0.05) is 19.1 Å². The maximum atomic E-state index is 11.9. The zero-order valence-electron chi connectivity index (χ0n) is 13.2. The first kappa shape index (κ1) is 17.3. The molecule has 0 aliphatic carbocycles. The second-order valence-electron chi connectivity index (χ2n) is 5.39. The number of hydrogen-bond acceptors (Lipinski definition) is 6. The van der Waals surface area contributed by atoms with Crippen LogP contribution in [0.2, 0.25) is 0 Å². The molecule has 1 aliphatic rings. The van der Waals surface area contributed by atoms with Crippen LogP contribution in [0.3, 0.4) is 0 Å². The molecule has 7 heteroatoms. The number of rotatable bonds is 6. The summed E-state index contributed by atoms with van der Waals surface area (Å²) in [5.74, 6) is -0.0693. The lowest BCUT2D eigenvalue weighted by Gasteiger charge is -2.29. The third kappa shape index (κ3) is 4.63. The molecule has 21 heavy (non-hydrogen) atoms. The number of hydrogen-bond donors (Lipinski definition) is 1. The first-order valence-corrected chi connectivity index (χ1v) is 6.95. The summed E-state index contributed by atoms with van der Waals surface area (Å²) in [5, 5.41) is 2.80. The maximum Gasteiger partial charge on any atom is 0.407 e. The van der Waals surface area contributed by atoms with Gasteiger partial charge in [0.25, 0.3) is 0 Å². The van der Waals surface area contributed by atoms with Gasteiger partial charge in [-0.25, -0.2) is 4.79 Å². The molecule has 0 bridgehead atoms. The molecule has 0 aromatic heterocycles. The van der Waals surface area contributed by atoms with E-state index in [1.807, 2.05) is 23.6 Å². The van der Waals surface area contributed by atoms with Crippen LogP contribution in [0.25, 0.3) is 0 Å². The number of methoxy groups -OCH3 is 2.